The molecule has 0 bridgehead atoms. The number of nitrogens with two attached hydrogens (primary N) is 1. The normalized spacial score (nSPS) is 8.36. The summed E-state index contributed by atoms with van der Waals surface area (Å²) >= 11 is 0. The molecule has 0 aliphatic carbocycles. The zero-order valence-corrected chi connectivity index (χ0v) is 5.95. The fraction of sp³-hybridized carbons (Fsp3) is 0.143. The van der Waals surface area contributed by atoms with Gasteiger partial charge in [0, 0.05) is 12.4 Å². The Balaban J connectivity index is 0.000001000. The third kappa shape index (κ3) is 3.32. The molecule has 0 aromatic carbocycles. The van der Waals surface area contributed by atoms with Crippen molar-refractivity contribution in [2.24, 2.45) is 5.73 Å². The molecule has 11 heavy (non-hydrogen) atoms. The summed E-state index contributed by atoms with van der Waals surface area (Å²) in [5.41, 5.74) is 5.81. The summed E-state index contributed by atoms with van der Waals surface area (Å²) in [5.74, 6) is -0.326. The smallest absolute Gasteiger partial charge is 0.221 e. The minimum absolute atomic E-state index is 0. The van der Waals surface area contributed by atoms with E-state index >= 15 is 0 Å². The van der Waals surface area contributed by atoms with Crippen molar-refractivity contribution in [1.82, 2.24) is 4.98 Å². The first-order valence-corrected chi connectivity index (χ1v) is 2.96. The van der Waals surface area contributed by atoms with Crippen LogP contribution in [0.2, 0.25) is 0 Å². The predicted octanol–water partition coefficient (Wildman–Crippen LogP) is -0.715. The predicted molar refractivity (Wildman–Crippen MR) is 40.7 cm³/mol. The molecule has 0 radical (unpaired) electrons. The van der Waals surface area contributed by atoms with E-state index in [-0.39, 0.29) is 17.8 Å². The van der Waals surface area contributed by atoms with Crippen LogP contribution in [0.5, 0.6) is 0 Å². The van der Waals surface area contributed by atoms with E-state index in [0.717, 1.165) is 5.56 Å². The van der Waals surface area contributed by atoms with E-state index < -0.39 is 0 Å². The van der Waals surface area contributed by atoms with Crippen molar-refractivity contribution >= 4 is 5.91 Å². The Morgan fingerprint density at radius 2 is 2.36 bits per heavy atom. The van der Waals surface area contributed by atoms with Crippen LogP contribution in [-0.4, -0.2) is 16.4 Å². The maximum absolute atomic E-state index is 10.4. The molecule has 0 atom stereocenters. The fourth-order valence-corrected chi connectivity index (χ4v) is 0.704. The van der Waals surface area contributed by atoms with Gasteiger partial charge in [-0.2, -0.15) is 0 Å². The monoisotopic (exact) mass is 154 g/mol. The van der Waals surface area contributed by atoms with Crippen LogP contribution in [0.15, 0.2) is 24.5 Å². The minimum Gasteiger partial charge on any atom is -0.412 e. The van der Waals surface area contributed by atoms with Crippen LogP contribution in [-0.2, 0) is 11.2 Å². The average Bonchev–Trinajstić information content (AvgIpc) is 1.88. The summed E-state index contributed by atoms with van der Waals surface area (Å²) in [6, 6.07) is 3.59. The van der Waals surface area contributed by atoms with E-state index in [1.807, 2.05) is 6.07 Å². The molecule has 0 fully saturated rings. The molecular weight excluding hydrogens is 144 g/mol. The second-order valence-corrected chi connectivity index (χ2v) is 2.00. The van der Waals surface area contributed by atoms with Crippen molar-refractivity contribution in [1.29, 1.82) is 0 Å². The zero-order chi connectivity index (χ0) is 7.40. The lowest BCUT2D eigenvalue weighted by Crippen LogP contribution is -2.13. The fourth-order valence-electron chi connectivity index (χ4n) is 0.704. The Morgan fingerprint density at radius 1 is 1.64 bits per heavy atom. The van der Waals surface area contributed by atoms with Gasteiger partial charge in [0.25, 0.3) is 0 Å². The number of amides is 1. The van der Waals surface area contributed by atoms with Crippen LogP contribution in [0, 0.1) is 0 Å². The number of rotatable bonds is 2. The Hall–Kier alpha value is -1.42. The topological polar surface area (TPSA) is 87.5 Å². The van der Waals surface area contributed by atoms with Gasteiger partial charge in [-0.3, -0.25) is 9.78 Å². The van der Waals surface area contributed by atoms with Gasteiger partial charge in [0.2, 0.25) is 5.91 Å². The summed E-state index contributed by atoms with van der Waals surface area (Å²) in [5, 5.41) is 0. The number of carbonyl (C=O) groups excluding carboxylic acids is 1. The Morgan fingerprint density at radius 3 is 2.82 bits per heavy atom. The van der Waals surface area contributed by atoms with Crippen molar-refractivity contribution in [3.63, 3.8) is 0 Å². The highest BCUT2D eigenvalue weighted by atomic mass is 16.1. The van der Waals surface area contributed by atoms with Crippen LogP contribution in [0.3, 0.4) is 0 Å². The number of pyridine rings is 1. The highest BCUT2D eigenvalue weighted by molar-refractivity contribution is 5.76. The molecule has 1 heterocycles. The first-order chi connectivity index (χ1) is 4.79. The highest BCUT2D eigenvalue weighted by Crippen LogP contribution is 1.94. The summed E-state index contributed by atoms with van der Waals surface area (Å²) in [4.78, 5) is 14.2. The number of aromatic nitrogens is 1. The van der Waals surface area contributed by atoms with E-state index in [0.29, 0.717) is 0 Å². The second kappa shape index (κ2) is 4.40. The lowest BCUT2D eigenvalue weighted by Gasteiger charge is -1.92. The number of carbonyl (C=O) groups is 1. The van der Waals surface area contributed by atoms with Gasteiger partial charge in [-0.1, -0.05) is 6.07 Å². The quantitative estimate of drug-likeness (QED) is 0.609. The molecule has 4 heteroatoms. The molecule has 0 saturated carbocycles. The molecule has 1 rings (SSSR count). The third-order valence-corrected chi connectivity index (χ3v) is 1.10. The molecular formula is C7H10N2O2. The Labute approximate surface area is 64.4 Å². The van der Waals surface area contributed by atoms with Crippen LogP contribution in [0.25, 0.3) is 0 Å². The summed E-state index contributed by atoms with van der Waals surface area (Å²) in [6.45, 7) is 0. The summed E-state index contributed by atoms with van der Waals surface area (Å²) in [7, 11) is 0. The van der Waals surface area contributed by atoms with Crippen LogP contribution >= 0.6 is 0 Å². The highest BCUT2D eigenvalue weighted by Gasteiger charge is 1.95. The van der Waals surface area contributed by atoms with E-state index in [1.54, 1.807) is 18.5 Å². The minimum atomic E-state index is -0.326. The summed E-state index contributed by atoms with van der Waals surface area (Å²) < 4.78 is 0. The zero-order valence-electron chi connectivity index (χ0n) is 5.95. The lowest BCUT2D eigenvalue weighted by molar-refractivity contribution is -0.117. The van der Waals surface area contributed by atoms with Crippen LogP contribution in [0.1, 0.15) is 5.56 Å². The van der Waals surface area contributed by atoms with Crippen LogP contribution in [0.4, 0.5) is 0 Å². The van der Waals surface area contributed by atoms with Crippen molar-refractivity contribution in [3.8, 4) is 0 Å². The molecule has 0 spiro atoms. The number of primary amides is 1. The molecule has 60 valence electrons. The van der Waals surface area contributed by atoms with Gasteiger partial charge < -0.3 is 11.2 Å². The molecule has 4 nitrogen and oxygen atoms in total. The molecule has 1 aromatic heterocycles. The van der Waals surface area contributed by atoms with Crippen molar-refractivity contribution < 1.29 is 10.3 Å². The van der Waals surface area contributed by atoms with Gasteiger partial charge in [-0.05, 0) is 11.6 Å². The number of nitrogens with zero attached hydrogens (tertiary/aromatic N) is 1. The largest absolute Gasteiger partial charge is 0.412 e. The van der Waals surface area contributed by atoms with E-state index in [4.69, 9.17) is 5.73 Å². The second-order valence-electron chi connectivity index (χ2n) is 2.00. The molecule has 0 aliphatic heterocycles. The SMILES string of the molecule is NC(=O)Cc1cccnc1.O. The van der Waals surface area contributed by atoms with Gasteiger partial charge >= 0.3 is 0 Å². The number of hydrogen-bond acceptors (Lipinski definition) is 2. The average molecular weight is 154 g/mol. The lowest BCUT2D eigenvalue weighted by atomic mass is 10.2. The molecule has 1 aromatic rings. The molecule has 1 amide bonds. The standard InChI is InChI=1S/C7H8N2O.H2O/c8-7(10)4-6-2-1-3-9-5-6;/h1-3,5H,4H2,(H2,8,10);1H2. The van der Waals surface area contributed by atoms with E-state index in [1.165, 1.54) is 0 Å². The van der Waals surface area contributed by atoms with Crippen LogP contribution < -0.4 is 5.73 Å². The Bertz CT molecular complexity index is 223. The molecule has 0 aliphatic rings. The van der Waals surface area contributed by atoms with E-state index in [9.17, 15) is 4.79 Å². The van der Waals surface area contributed by atoms with Gasteiger partial charge in [0.05, 0.1) is 6.42 Å². The van der Waals surface area contributed by atoms with Crippen molar-refractivity contribution in [2.75, 3.05) is 0 Å². The first-order valence-electron chi connectivity index (χ1n) is 2.96. The van der Waals surface area contributed by atoms with Crippen molar-refractivity contribution in [2.45, 2.75) is 6.42 Å². The summed E-state index contributed by atoms with van der Waals surface area (Å²) in [6.07, 6.45) is 3.56. The third-order valence-electron chi connectivity index (χ3n) is 1.10. The van der Waals surface area contributed by atoms with Gasteiger partial charge in [0.1, 0.15) is 0 Å². The van der Waals surface area contributed by atoms with Gasteiger partial charge in [0.15, 0.2) is 0 Å². The maximum atomic E-state index is 10.4. The van der Waals surface area contributed by atoms with Gasteiger partial charge in [-0.25, -0.2) is 0 Å². The van der Waals surface area contributed by atoms with Crippen molar-refractivity contribution in [3.05, 3.63) is 30.1 Å². The number of hydrogen-bond donors (Lipinski definition) is 1. The first kappa shape index (κ1) is 9.58. The Kier molecular flexibility index (Phi) is 3.84. The molecule has 0 unspecified atom stereocenters. The van der Waals surface area contributed by atoms with Gasteiger partial charge in [-0.15, -0.1) is 0 Å². The van der Waals surface area contributed by atoms with E-state index in [2.05, 4.69) is 4.98 Å². The maximum Gasteiger partial charge on any atom is 0.221 e. The molecule has 0 saturated heterocycles. The molecule has 4 N–H and O–H groups in total.